The summed E-state index contributed by atoms with van der Waals surface area (Å²) >= 11 is 0. The number of hydrogen-bond acceptors (Lipinski definition) is 8. The molecule has 0 fully saturated rings. The lowest BCUT2D eigenvalue weighted by atomic mass is 10.0. The first-order valence-electron chi connectivity index (χ1n) is 13.5. The number of urea groups is 1. The van der Waals surface area contributed by atoms with Crippen molar-refractivity contribution in [3.63, 3.8) is 0 Å². The van der Waals surface area contributed by atoms with E-state index in [0.29, 0.717) is 35.0 Å². The lowest BCUT2D eigenvalue weighted by Gasteiger charge is -2.15. The maximum Gasteiger partial charge on any atom is 0.416 e. The molecule has 0 saturated carbocycles. The molecule has 45 heavy (non-hydrogen) atoms. The van der Waals surface area contributed by atoms with Crippen molar-refractivity contribution in [1.29, 1.82) is 0 Å². The van der Waals surface area contributed by atoms with E-state index in [9.17, 15) is 18.0 Å². The highest BCUT2D eigenvalue weighted by atomic mass is 19.4. The Kier molecular flexibility index (Phi) is 7.93. The van der Waals surface area contributed by atoms with Gasteiger partial charge in [0.05, 0.1) is 42.1 Å². The number of rotatable bonds is 8. The predicted octanol–water partition coefficient (Wildman–Crippen LogP) is 7.10. The number of halogens is 3. The first kappa shape index (κ1) is 29.0. The number of nitrogens with one attached hydrogen (secondary N) is 2. The molecular formula is C31H23F3N8O3. The average Bonchev–Trinajstić information content (AvgIpc) is 3.46. The SMILES string of the molecule is CCOc1ccn2ncc(-c3ccc(Oc4ncc(NC(=O)Nc5cc(C(F)(F)F)ccc5-c5cccnc5)cn4)cc3)c2n1. The number of benzene rings is 2. The minimum Gasteiger partial charge on any atom is -0.478 e. The van der Waals surface area contributed by atoms with Crippen LogP contribution in [0.15, 0.2) is 97.8 Å². The molecule has 226 valence electrons. The fourth-order valence-electron chi connectivity index (χ4n) is 4.41. The van der Waals surface area contributed by atoms with Gasteiger partial charge in [0.1, 0.15) is 5.75 Å². The van der Waals surface area contributed by atoms with Crippen LogP contribution in [0.3, 0.4) is 0 Å². The van der Waals surface area contributed by atoms with Gasteiger partial charge in [0.15, 0.2) is 5.65 Å². The van der Waals surface area contributed by atoms with E-state index in [1.54, 1.807) is 47.2 Å². The molecule has 0 aliphatic heterocycles. The summed E-state index contributed by atoms with van der Waals surface area (Å²) < 4.78 is 53.0. The largest absolute Gasteiger partial charge is 0.478 e. The van der Waals surface area contributed by atoms with Crippen molar-refractivity contribution < 1.29 is 27.4 Å². The minimum absolute atomic E-state index is 0.0180. The van der Waals surface area contributed by atoms with Crippen LogP contribution in [0.1, 0.15) is 12.5 Å². The van der Waals surface area contributed by atoms with Gasteiger partial charge in [-0.05, 0) is 42.8 Å². The summed E-state index contributed by atoms with van der Waals surface area (Å²) in [6.07, 6.45) is 4.54. The van der Waals surface area contributed by atoms with Crippen LogP contribution in [-0.4, -0.2) is 42.2 Å². The molecule has 14 heteroatoms. The second-order valence-corrected chi connectivity index (χ2v) is 9.48. The van der Waals surface area contributed by atoms with Gasteiger partial charge in [0, 0.05) is 41.3 Å². The summed E-state index contributed by atoms with van der Waals surface area (Å²) in [4.78, 5) is 29.5. The van der Waals surface area contributed by atoms with Crippen molar-refractivity contribution in [2.24, 2.45) is 0 Å². The monoisotopic (exact) mass is 612 g/mol. The molecule has 6 aromatic rings. The van der Waals surface area contributed by atoms with Crippen LogP contribution in [0, 0.1) is 0 Å². The van der Waals surface area contributed by atoms with Crippen LogP contribution in [0.25, 0.3) is 27.9 Å². The van der Waals surface area contributed by atoms with Crippen LogP contribution < -0.4 is 20.1 Å². The van der Waals surface area contributed by atoms with Gasteiger partial charge in [0.25, 0.3) is 0 Å². The minimum atomic E-state index is -4.59. The number of hydrogen-bond donors (Lipinski definition) is 2. The Morgan fingerprint density at radius 1 is 0.911 bits per heavy atom. The van der Waals surface area contributed by atoms with Gasteiger partial charge in [-0.1, -0.05) is 24.3 Å². The van der Waals surface area contributed by atoms with Gasteiger partial charge in [-0.15, -0.1) is 0 Å². The summed E-state index contributed by atoms with van der Waals surface area (Å²) in [5.41, 5.74) is 2.45. The standard InChI is InChI=1S/C31H23F3N8O3/c1-2-44-27-11-13-42-28(41-27)25(18-38-42)19-5-8-23(9-6-19)45-30-36-16-22(17-37-30)39-29(43)40-26-14-21(31(32,33)34)7-10-24(26)20-4-3-12-35-15-20/h3-18H,2H2,1H3,(H2,39,40,43). The smallest absolute Gasteiger partial charge is 0.416 e. The van der Waals surface area contributed by atoms with E-state index in [-0.39, 0.29) is 17.4 Å². The number of pyridine rings is 1. The molecule has 6 rings (SSSR count). The highest BCUT2D eigenvalue weighted by molar-refractivity contribution is 6.02. The highest BCUT2D eigenvalue weighted by Gasteiger charge is 2.31. The van der Waals surface area contributed by atoms with E-state index in [1.165, 1.54) is 30.9 Å². The molecular weight excluding hydrogens is 589 g/mol. The molecule has 0 saturated heterocycles. The van der Waals surface area contributed by atoms with E-state index < -0.39 is 17.8 Å². The van der Waals surface area contributed by atoms with E-state index in [2.05, 4.69) is 35.7 Å². The van der Waals surface area contributed by atoms with Crippen LogP contribution in [0.2, 0.25) is 0 Å². The Morgan fingerprint density at radius 2 is 1.71 bits per heavy atom. The maximum atomic E-state index is 13.4. The van der Waals surface area contributed by atoms with Crippen molar-refractivity contribution in [3.8, 4) is 39.9 Å². The molecule has 4 heterocycles. The molecule has 0 aliphatic rings. The molecule has 0 atom stereocenters. The summed E-state index contributed by atoms with van der Waals surface area (Å²) in [6.45, 7) is 2.38. The van der Waals surface area contributed by atoms with Crippen LogP contribution in [0.4, 0.5) is 29.3 Å². The van der Waals surface area contributed by atoms with Gasteiger partial charge in [-0.2, -0.15) is 23.3 Å². The normalized spacial score (nSPS) is 11.3. The molecule has 2 amide bonds. The molecule has 2 aromatic carbocycles. The summed E-state index contributed by atoms with van der Waals surface area (Å²) in [5, 5.41) is 9.33. The van der Waals surface area contributed by atoms with Gasteiger partial charge >= 0.3 is 18.2 Å². The molecule has 0 unspecified atom stereocenters. The number of aromatic nitrogens is 6. The summed E-state index contributed by atoms with van der Waals surface area (Å²) in [5.74, 6) is 0.966. The second-order valence-electron chi connectivity index (χ2n) is 9.48. The molecule has 2 N–H and O–H groups in total. The van der Waals surface area contributed by atoms with E-state index in [0.717, 1.165) is 23.3 Å². The Labute approximate surface area is 253 Å². The Hall–Kier alpha value is -6.05. The van der Waals surface area contributed by atoms with Crippen LogP contribution in [-0.2, 0) is 6.18 Å². The first-order chi connectivity index (χ1) is 21.8. The summed E-state index contributed by atoms with van der Waals surface area (Å²) in [6, 6.07) is 14.5. The Morgan fingerprint density at radius 3 is 2.42 bits per heavy atom. The number of carbonyl (C=O) groups excluding carboxylic acids is 1. The van der Waals surface area contributed by atoms with Crippen molar-refractivity contribution in [2.75, 3.05) is 17.2 Å². The third kappa shape index (κ3) is 6.64. The fraction of sp³-hybridized carbons (Fsp3) is 0.0968. The average molecular weight is 613 g/mol. The maximum absolute atomic E-state index is 13.4. The number of anilines is 2. The van der Waals surface area contributed by atoms with E-state index in [1.807, 2.05) is 19.1 Å². The molecule has 0 radical (unpaired) electrons. The zero-order valence-electron chi connectivity index (χ0n) is 23.5. The second kappa shape index (κ2) is 12.3. The number of alkyl halides is 3. The van der Waals surface area contributed by atoms with Crippen molar-refractivity contribution in [2.45, 2.75) is 13.1 Å². The summed E-state index contributed by atoms with van der Waals surface area (Å²) in [7, 11) is 0. The lowest BCUT2D eigenvalue weighted by Crippen LogP contribution is -2.20. The third-order valence-corrected chi connectivity index (χ3v) is 6.46. The molecule has 0 aliphatic carbocycles. The number of fused-ring (bicyclic) bond motifs is 1. The van der Waals surface area contributed by atoms with Crippen molar-refractivity contribution in [3.05, 3.63) is 103 Å². The molecule has 0 spiro atoms. The zero-order chi connectivity index (χ0) is 31.4. The van der Waals surface area contributed by atoms with E-state index >= 15 is 0 Å². The topological polar surface area (TPSA) is 128 Å². The Balaban J connectivity index is 1.12. The van der Waals surface area contributed by atoms with Crippen LogP contribution in [0.5, 0.6) is 17.6 Å². The molecule has 11 nitrogen and oxygen atoms in total. The van der Waals surface area contributed by atoms with Gasteiger partial charge < -0.3 is 20.1 Å². The van der Waals surface area contributed by atoms with Gasteiger partial charge in [-0.25, -0.2) is 19.3 Å². The number of carbonyl (C=O) groups is 1. The number of ether oxygens (including phenoxy) is 2. The Bertz CT molecular complexity index is 1950. The molecule has 4 aromatic heterocycles. The first-order valence-corrected chi connectivity index (χ1v) is 13.5. The number of nitrogens with zero attached hydrogens (tertiary/aromatic N) is 6. The molecule has 0 bridgehead atoms. The fourth-order valence-corrected chi connectivity index (χ4v) is 4.41. The highest BCUT2D eigenvalue weighted by Crippen LogP contribution is 2.36. The van der Waals surface area contributed by atoms with Crippen molar-refractivity contribution in [1.82, 2.24) is 29.5 Å². The predicted molar refractivity (Wildman–Crippen MR) is 159 cm³/mol. The third-order valence-electron chi connectivity index (χ3n) is 6.46. The number of amides is 2. The lowest BCUT2D eigenvalue weighted by molar-refractivity contribution is -0.137. The van der Waals surface area contributed by atoms with E-state index in [4.69, 9.17) is 9.47 Å². The zero-order valence-corrected chi connectivity index (χ0v) is 23.5. The van der Waals surface area contributed by atoms with Crippen molar-refractivity contribution >= 4 is 23.1 Å². The van der Waals surface area contributed by atoms with Gasteiger partial charge in [0.2, 0.25) is 5.88 Å². The van der Waals surface area contributed by atoms with Crippen LogP contribution >= 0.6 is 0 Å². The quantitative estimate of drug-likeness (QED) is 0.186. The van der Waals surface area contributed by atoms with Gasteiger partial charge in [-0.3, -0.25) is 4.98 Å².